The minimum atomic E-state index is -0.107. The number of hydrogen-bond donors (Lipinski definition) is 1. The number of rotatable bonds is 3. The molecule has 1 rings (SSSR count). The molecule has 15 heavy (non-hydrogen) atoms. The maximum Gasteiger partial charge on any atom is 0.238 e. The van der Waals surface area contributed by atoms with E-state index in [2.05, 4.69) is 5.32 Å². The van der Waals surface area contributed by atoms with Crippen LogP contribution in [0.4, 0.5) is 5.69 Å². The smallest absolute Gasteiger partial charge is 0.238 e. The molecular formula is C10H12Cl2N2O. The van der Waals surface area contributed by atoms with Crippen molar-refractivity contribution in [1.82, 2.24) is 4.90 Å². The fourth-order valence-corrected chi connectivity index (χ4v) is 1.52. The lowest BCUT2D eigenvalue weighted by atomic mass is 10.3. The first kappa shape index (κ1) is 12.3. The fourth-order valence-electron chi connectivity index (χ4n) is 1.07. The summed E-state index contributed by atoms with van der Waals surface area (Å²) >= 11 is 11.6. The standard InChI is InChI=1S/C10H12Cl2N2O/c1-14(2)6-10(15)13-9-4-3-7(11)5-8(9)12/h3-5H,6H2,1-2H3,(H,13,15). The molecule has 1 amide bonds. The number of nitrogens with one attached hydrogen (secondary N) is 1. The van der Waals surface area contributed by atoms with Crippen LogP contribution in [0.5, 0.6) is 0 Å². The van der Waals surface area contributed by atoms with Crippen molar-refractivity contribution in [3.63, 3.8) is 0 Å². The molecule has 0 aliphatic heterocycles. The lowest BCUT2D eigenvalue weighted by molar-refractivity contribution is -0.116. The first-order chi connectivity index (χ1) is 6.99. The molecule has 1 N–H and O–H groups in total. The normalized spacial score (nSPS) is 10.5. The van der Waals surface area contributed by atoms with E-state index in [0.29, 0.717) is 22.3 Å². The number of benzene rings is 1. The molecule has 0 radical (unpaired) electrons. The number of nitrogens with zero attached hydrogens (tertiary/aromatic N) is 1. The lowest BCUT2D eigenvalue weighted by Gasteiger charge is -2.11. The van der Waals surface area contributed by atoms with Gasteiger partial charge in [0.05, 0.1) is 17.3 Å². The summed E-state index contributed by atoms with van der Waals surface area (Å²) in [6.45, 7) is 0.318. The van der Waals surface area contributed by atoms with Crippen molar-refractivity contribution in [1.29, 1.82) is 0 Å². The van der Waals surface area contributed by atoms with Crippen molar-refractivity contribution < 1.29 is 4.79 Å². The van der Waals surface area contributed by atoms with E-state index in [1.807, 2.05) is 14.1 Å². The van der Waals surface area contributed by atoms with Gasteiger partial charge in [0, 0.05) is 5.02 Å². The van der Waals surface area contributed by atoms with Crippen LogP contribution in [0.25, 0.3) is 0 Å². The summed E-state index contributed by atoms with van der Waals surface area (Å²) in [5, 5.41) is 3.68. The van der Waals surface area contributed by atoms with Gasteiger partial charge in [0.2, 0.25) is 5.91 Å². The van der Waals surface area contributed by atoms with Gasteiger partial charge in [0.25, 0.3) is 0 Å². The average Bonchev–Trinajstić information content (AvgIpc) is 2.08. The van der Waals surface area contributed by atoms with Crippen LogP contribution in [0, 0.1) is 0 Å². The minimum Gasteiger partial charge on any atom is -0.324 e. The van der Waals surface area contributed by atoms with Gasteiger partial charge < -0.3 is 10.2 Å². The highest BCUT2D eigenvalue weighted by Crippen LogP contribution is 2.25. The second-order valence-electron chi connectivity index (χ2n) is 3.41. The van der Waals surface area contributed by atoms with Crippen LogP contribution in [-0.2, 0) is 4.79 Å². The zero-order chi connectivity index (χ0) is 11.4. The Bertz CT molecular complexity index is 366. The number of anilines is 1. The number of likely N-dealkylation sites (N-methyl/N-ethyl adjacent to an activating group) is 1. The van der Waals surface area contributed by atoms with E-state index in [-0.39, 0.29) is 5.91 Å². The number of amides is 1. The Hall–Kier alpha value is -0.770. The Morgan fingerprint density at radius 3 is 2.60 bits per heavy atom. The minimum absolute atomic E-state index is 0.107. The van der Waals surface area contributed by atoms with E-state index in [9.17, 15) is 4.79 Å². The van der Waals surface area contributed by atoms with Crippen molar-refractivity contribution in [2.45, 2.75) is 0 Å². The van der Waals surface area contributed by atoms with E-state index < -0.39 is 0 Å². The Balaban J connectivity index is 2.68. The van der Waals surface area contributed by atoms with Gasteiger partial charge in [-0.3, -0.25) is 4.79 Å². The molecule has 3 nitrogen and oxygen atoms in total. The zero-order valence-electron chi connectivity index (χ0n) is 8.55. The molecule has 0 aliphatic rings. The molecule has 0 unspecified atom stereocenters. The van der Waals surface area contributed by atoms with Crippen LogP contribution < -0.4 is 5.32 Å². The van der Waals surface area contributed by atoms with E-state index in [1.165, 1.54) is 0 Å². The summed E-state index contributed by atoms with van der Waals surface area (Å²) in [4.78, 5) is 13.2. The molecule has 0 aromatic heterocycles. The number of halogens is 2. The first-order valence-corrected chi connectivity index (χ1v) is 5.14. The molecule has 0 fully saturated rings. The van der Waals surface area contributed by atoms with Crippen molar-refractivity contribution in [3.05, 3.63) is 28.2 Å². The van der Waals surface area contributed by atoms with Crippen molar-refractivity contribution in [3.8, 4) is 0 Å². The van der Waals surface area contributed by atoms with Crippen molar-refractivity contribution in [2.24, 2.45) is 0 Å². The van der Waals surface area contributed by atoms with Crippen LogP contribution in [0.2, 0.25) is 10.0 Å². The molecule has 0 atom stereocenters. The van der Waals surface area contributed by atoms with Crippen LogP contribution in [0.15, 0.2) is 18.2 Å². The first-order valence-electron chi connectivity index (χ1n) is 4.38. The zero-order valence-corrected chi connectivity index (χ0v) is 10.1. The van der Waals surface area contributed by atoms with E-state index in [1.54, 1.807) is 23.1 Å². The largest absolute Gasteiger partial charge is 0.324 e. The molecule has 0 bridgehead atoms. The molecule has 1 aromatic carbocycles. The number of carbonyl (C=O) groups excluding carboxylic acids is 1. The Kier molecular flexibility index (Phi) is 4.39. The van der Waals surface area contributed by atoms with Crippen LogP contribution in [0.3, 0.4) is 0 Å². The summed E-state index contributed by atoms with van der Waals surface area (Å²) in [6.07, 6.45) is 0. The van der Waals surface area contributed by atoms with Crippen LogP contribution in [0.1, 0.15) is 0 Å². The van der Waals surface area contributed by atoms with Gasteiger partial charge in [-0.2, -0.15) is 0 Å². The number of carbonyl (C=O) groups is 1. The molecule has 0 saturated heterocycles. The second kappa shape index (κ2) is 5.35. The molecule has 5 heteroatoms. The quantitative estimate of drug-likeness (QED) is 0.889. The van der Waals surface area contributed by atoms with E-state index in [4.69, 9.17) is 23.2 Å². The van der Waals surface area contributed by atoms with Gasteiger partial charge >= 0.3 is 0 Å². The van der Waals surface area contributed by atoms with Gasteiger partial charge in [0.1, 0.15) is 0 Å². The SMILES string of the molecule is CN(C)CC(=O)Nc1ccc(Cl)cc1Cl. The third-order valence-corrected chi connectivity index (χ3v) is 2.21. The summed E-state index contributed by atoms with van der Waals surface area (Å²) in [7, 11) is 3.64. The molecule has 0 heterocycles. The Labute approximate surface area is 99.0 Å². The number of hydrogen-bond acceptors (Lipinski definition) is 2. The van der Waals surface area contributed by atoms with Crippen molar-refractivity contribution >= 4 is 34.8 Å². The lowest BCUT2D eigenvalue weighted by Crippen LogP contribution is -2.27. The Morgan fingerprint density at radius 1 is 1.40 bits per heavy atom. The summed E-state index contributed by atoms with van der Waals surface area (Å²) in [6, 6.07) is 4.95. The van der Waals surface area contributed by atoms with Gasteiger partial charge in [-0.15, -0.1) is 0 Å². The van der Waals surface area contributed by atoms with E-state index >= 15 is 0 Å². The van der Waals surface area contributed by atoms with Crippen LogP contribution in [-0.4, -0.2) is 31.4 Å². The molecule has 0 spiro atoms. The monoisotopic (exact) mass is 246 g/mol. The summed E-state index contributed by atoms with van der Waals surface area (Å²) in [5.41, 5.74) is 0.577. The molecular weight excluding hydrogens is 235 g/mol. The molecule has 0 saturated carbocycles. The average molecular weight is 247 g/mol. The summed E-state index contributed by atoms with van der Waals surface area (Å²) < 4.78 is 0. The Morgan fingerprint density at radius 2 is 2.07 bits per heavy atom. The highest BCUT2D eigenvalue weighted by atomic mass is 35.5. The molecule has 1 aromatic rings. The van der Waals surface area contributed by atoms with Gasteiger partial charge in [-0.1, -0.05) is 23.2 Å². The maximum atomic E-state index is 11.4. The third kappa shape index (κ3) is 4.08. The second-order valence-corrected chi connectivity index (χ2v) is 4.25. The fraction of sp³-hybridized carbons (Fsp3) is 0.300. The molecule has 0 aliphatic carbocycles. The van der Waals surface area contributed by atoms with Gasteiger partial charge in [0.15, 0.2) is 0 Å². The highest BCUT2D eigenvalue weighted by Gasteiger charge is 2.06. The van der Waals surface area contributed by atoms with Crippen LogP contribution >= 0.6 is 23.2 Å². The summed E-state index contributed by atoms with van der Waals surface area (Å²) in [5.74, 6) is -0.107. The maximum absolute atomic E-state index is 11.4. The topological polar surface area (TPSA) is 32.3 Å². The molecule has 82 valence electrons. The van der Waals surface area contributed by atoms with E-state index in [0.717, 1.165) is 0 Å². The van der Waals surface area contributed by atoms with Gasteiger partial charge in [-0.25, -0.2) is 0 Å². The predicted octanol–water partition coefficient (Wildman–Crippen LogP) is 2.49. The van der Waals surface area contributed by atoms with Gasteiger partial charge in [-0.05, 0) is 32.3 Å². The van der Waals surface area contributed by atoms with Crippen molar-refractivity contribution in [2.75, 3.05) is 26.0 Å². The third-order valence-electron chi connectivity index (χ3n) is 1.67. The predicted molar refractivity (Wildman–Crippen MR) is 63.6 cm³/mol. The highest BCUT2D eigenvalue weighted by molar-refractivity contribution is 6.36.